The first kappa shape index (κ1) is 13.0. The first-order valence-electron chi connectivity index (χ1n) is 6.31. The lowest BCUT2D eigenvalue weighted by molar-refractivity contribution is 0.296. The van der Waals surface area contributed by atoms with E-state index >= 15 is 0 Å². The van der Waals surface area contributed by atoms with Crippen LogP contribution in [0.15, 0.2) is 58.2 Å². The van der Waals surface area contributed by atoms with Gasteiger partial charge < -0.3 is 20.1 Å². The highest BCUT2D eigenvalue weighted by Crippen LogP contribution is 2.33. The molecule has 0 radical (unpaired) electrons. The maximum atomic E-state index is 8.86. The number of hydrogen-bond donors (Lipinski definition) is 2. The first-order chi connectivity index (χ1) is 10.3. The van der Waals surface area contributed by atoms with Crippen molar-refractivity contribution in [1.82, 2.24) is 4.98 Å². The Morgan fingerprint density at radius 3 is 2.81 bits per heavy atom. The number of oxime groups is 1. The van der Waals surface area contributed by atoms with Gasteiger partial charge in [-0.2, -0.15) is 0 Å². The summed E-state index contributed by atoms with van der Waals surface area (Å²) in [4.78, 5) is 4.19. The Morgan fingerprint density at radius 2 is 2.05 bits per heavy atom. The van der Waals surface area contributed by atoms with Gasteiger partial charge in [-0.15, -0.1) is 0 Å². The number of nitrogens with two attached hydrogens (primary N) is 1. The van der Waals surface area contributed by atoms with E-state index in [1.807, 2.05) is 36.4 Å². The summed E-state index contributed by atoms with van der Waals surface area (Å²) in [5.74, 6) is 0.503. The van der Waals surface area contributed by atoms with Crippen molar-refractivity contribution in [3.8, 4) is 5.75 Å². The molecular formula is C15H13N3O3. The van der Waals surface area contributed by atoms with Crippen LogP contribution in [0.3, 0.4) is 0 Å². The van der Waals surface area contributed by atoms with E-state index in [2.05, 4.69) is 10.1 Å². The normalized spacial score (nSPS) is 11.7. The van der Waals surface area contributed by atoms with E-state index in [0.717, 1.165) is 11.1 Å². The highest BCUT2D eigenvalue weighted by Gasteiger charge is 2.19. The van der Waals surface area contributed by atoms with Crippen LogP contribution in [0.5, 0.6) is 5.75 Å². The van der Waals surface area contributed by atoms with Crippen molar-refractivity contribution >= 4 is 16.8 Å². The molecule has 3 N–H and O–H groups in total. The molecule has 0 aliphatic carbocycles. The number of amidine groups is 1. The quantitative estimate of drug-likeness (QED) is 0.332. The fraction of sp³-hybridized carbons (Fsp3) is 0.0667. The van der Waals surface area contributed by atoms with Gasteiger partial charge in [0.05, 0.1) is 11.1 Å². The third-order valence-corrected chi connectivity index (χ3v) is 2.98. The predicted octanol–water partition coefficient (Wildman–Crippen LogP) is 2.50. The van der Waals surface area contributed by atoms with Crippen molar-refractivity contribution in [3.63, 3.8) is 0 Å². The van der Waals surface area contributed by atoms with Crippen LogP contribution < -0.4 is 10.5 Å². The van der Waals surface area contributed by atoms with E-state index in [9.17, 15) is 0 Å². The van der Waals surface area contributed by atoms with E-state index < -0.39 is 0 Å². The lowest BCUT2D eigenvalue weighted by Gasteiger charge is -2.05. The molecule has 0 atom stereocenters. The van der Waals surface area contributed by atoms with Crippen LogP contribution in [0.1, 0.15) is 11.5 Å². The van der Waals surface area contributed by atoms with Crippen molar-refractivity contribution in [3.05, 3.63) is 60.1 Å². The number of para-hydroxylation sites is 1. The lowest BCUT2D eigenvalue weighted by Crippen LogP contribution is -2.13. The highest BCUT2D eigenvalue weighted by atomic mass is 16.5. The Balaban J connectivity index is 1.99. The predicted molar refractivity (Wildman–Crippen MR) is 77.3 cm³/mol. The minimum Gasteiger partial charge on any atom is -0.482 e. The fourth-order valence-corrected chi connectivity index (χ4v) is 2.01. The summed E-state index contributed by atoms with van der Waals surface area (Å²) in [6, 6.07) is 12.9. The molecule has 6 nitrogen and oxygen atoms in total. The summed E-state index contributed by atoms with van der Waals surface area (Å²) < 4.78 is 11.4. The highest BCUT2D eigenvalue weighted by molar-refractivity contribution is 6.03. The largest absolute Gasteiger partial charge is 0.482 e. The zero-order valence-corrected chi connectivity index (χ0v) is 11.1. The van der Waals surface area contributed by atoms with Gasteiger partial charge >= 0.3 is 0 Å². The number of fused-ring (bicyclic) bond motifs is 1. The van der Waals surface area contributed by atoms with Gasteiger partial charge in [-0.25, -0.2) is 0 Å². The minimum atomic E-state index is -0.137. The molecule has 0 saturated carbocycles. The summed E-state index contributed by atoms with van der Waals surface area (Å²) in [7, 11) is 0. The number of benzene rings is 1. The summed E-state index contributed by atoms with van der Waals surface area (Å²) in [6.45, 7) is 0.260. The molecule has 3 aromatic rings. The van der Waals surface area contributed by atoms with Crippen LogP contribution in [0.4, 0.5) is 0 Å². The van der Waals surface area contributed by atoms with Crippen molar-refractivity contribution in [1.29, 1.82) is 0 Å². The fourth-order valence-electron chi connectivity index (χ4n) is 2.01. The number of ether oxygens (including phenoxy) is 1. The molecule has 0 unspecified atom stereocenters. The molecule has 2 aromatic heterocycles. The molecular weight excluding hydrogens is 270 g/mol. The van der Waals surface area contributed by atoms with Gasteiger partial charge in [-0.1, -0.05) is 23.4 Å². The monoisotopic (exact) mass is 283 g/mol. The maximum absolute atomic E-state index is 8.86. The third kappa shape index (κ3) is 2.51. The molecule has 106 valence electrons. The van der Waals surface area contributed by atoms with Crippen LogP contribution >= 0.6 is 0 Å². The molecule has 3 rings (SSSR count). The van der Waals surface area contributed by atoms with Crippen LogP contribution in [-0.2, 0) is 6.61 Å². The Kier molecular flexibility index (Phi) is 3.42. The average molecular weight is 283 g/mol. The molecule has 0 aliphatic rings. The second-order valence-electron chi connectivity index (χ2n) is 4.35. The Bertz CT molecular complexity index is 781. The number of pyridine rings is 1. The zero-order chi connectivity index (χ0) is 14.7. The van der Waals surface area contributed by atoms with Gasteiger partial charge in [0, 0.05) is 6.20 Å². The number of hydrogen-bond acceptors (Lipinski definition) is 5. The first-order valence-corrected chi connectivity index (χ1v) is 6.31. The summed E-state index contributed by atoms with van der Waals surface area (Å²) in [5.41, 5.74) is 7.02. The van der Waals surface area contributed by atoms with Gasteiger partial charge in [0.2, 0.25) is 11.6 Å². The maximum Gasteiger partial charge on any atom is 0.215 e. The summed E-state index contributed by atoms with van der Waals surface area (Å²) in [5, 5.41) is 12.6. The minimum absolute atomic E-state index is 0.137. The van der Waals surface area contributed by atoms with Gasteiger partial charge in [-0.05, 0) is 24.3 Å². The van der Waals surface area contributed by atoms with Crippen molar-refractivity contribution < 1.29 is 14.4 Å². The Hall–Kier alpha value is -3.02. The molecule has 6 heteroatoms. The van der Waals surface area contributed by atoms with E-state index in [-0.39, 0.29) is 18.2 Å². The molecule has 0 fully saturated rings. The van der Waals surface area contributed by atoms with Crippen molar-refractivity contribution in [2.24, 2.45) is 10.9 Å². The summed E-state index contributed by atoms with van der Waals surface area (Å²) >= 11 is 0. The van der Waals surface area contributed by atoms with Gasteiger partial charge in [0.25, 0.3) is 0 Å². The smallest absolute Gasteiger partial charge is 0.215 e. The van der Waals surface area contributed by atoms with Crippen LogP contribution in [-0.4, -0.2) is 16.0 Å². The molecule has 0 saturated heterocycles. The van der Waals surface area contributed by atoms with Crippen LogP contribution in [0.2, 0.25) is 0 Å². The van der Waals surface area contributed by atoms with E-state index in [1.165, 1.54) is 0 Å². The molecule has 0 bridgehead atoms. The lowest BCUT2D eigenvalue weighted by atomic mass is 10.2. The van der Waals surface area contributed by atoms with Gasteiger partial charge in [-0.3, -0.25) is 4.98 Å². The topological polar surface area (TPSA) is 93.9 Å². The number of nitrogens with zero attached hydrogens (tertiary/aromatic N) is 2. The Labute approximate surface area is 120 Å². The molecule has 21 heavy (non-hydrogen) atoms. The van der Waals surface area contributed by atoms with Crippen molar-refractivity contribution in [2.75, 3.05) is 0 Å². The number of furan rings is 1. The van der Waals surface area contributed by atoms with Crippen molar-refractivity contribution in [2.45, 2.75) is 6.61 Å². The van der Waals surface area contributed by atoms with E-state index in [4.69, 9.17) is 20.1 Å². The number of aromatic nitrogens is 1. The van der Waals surface area contributed by atoms with Gasteiger partial charge in [0.1, 0.15) is 12.2 Å². The second-order valence-corrected chi connectivity index (χ2v) is 4.35. The van der Waals surface area contributed by atoms with Gasteiger partial charge in [0.15, 0.2) is 5.75 Å². The molecule has 1 aromatic carbocycles. The third-order valence-electron chi connectivity index (χ3n) is 2.98. The molecule has 0 amide bonds. The molecule has 0 spiro atoms. The van der Waals surface area contributed by atoms with E-state index in [1.54, 1.807) is 12.3 Å². The number of rotatable bonds is 4. The molecule has 2 heterocycles. The summed E-state index contributed by atoms with van der Waals surface area (Å²) in [6.07, 6.45) is 1.69. The average Bonchev–Trinajstić information content (AvgIpc) is 2.92. The Morgan fingerprint density at radius 1 is 1.24 bits per heavy atom. The SMILES string of the molecule is N/C(=N/O)c1oc2ccccc2c1OCc1ccccn1. The van der Waals surface area contributed by atoms with E-state index in [0.29, 0.717) is 11.3 Å². The van der Waals surface area contributed by atoms with Crippen LogP contribution in [0.25, 0.3) is 11.0 Å². The van der Waals surface area contributed by atoms with Crippen LogP contribution in [0, 0.1) is 0 Å². The standard InChI is InChI=1S/C15H13N3O3/c16-15(18-19)14-13(11-6-1-2-7-12(11)21-14)20-9-10-5-3-4-8-17-10/h1-8,19H,9H2,(H2,16,18). The second kappa shape index (κ2) is 5.54. The zero-order valence-electron chi connectivity index (χ0n) is 11.1. The molecule has 0 aliphatic heterocycles.